The van der Waals surface area contributed by atoms with Gasteiger partial charge in [-0.1, -0.05) is 30.3 Å². The number of benzene rings is 1. The fraction of sp³-hybridized carbons (Fsp3) is 0.333. The smallest absolute Gasteiger partial charge is 0.0499 e. The van der Waals surface area contributed by atoms with E-state index in [1.54, 1.807) is 0 Å². The Morgan fingerprint density at radius 3 is 2.67 bits per heavy atom. The van der Waals surface area contributed by atoms with Crippen LogP contribution >= 0.6 is 0 Å². The molecule has 0 amide bonds. The molecule has 1 N–H and O–H groups in total. The summed E-state index contributed by atoms with van der Waals surface area (Å²) in [5.74, 6) is 0. The minimum atomic E-state index is 0.102. The third-order valence-corrected chi connectivity index (χ3v) is 1.66. The monoisotopic (exact) mass is 164 g/mol. The van der Waals surface area contributed by atoms with Crippen molar-refractivity contribution in [3.8, 4) is 0 Å². The van der Waals surface area contributed by atoms with Crippen LogP contribution in [0.4, 0.5) is 0 Å². The second-order valence-electron chi connectivity index (χ2n) is 2.81. The third kappa shape index (κ3) is 2.70. The lowest BCUT2D eigenvalue weighted by Crippen LogP contribution is -2.22. The minimum absolute atomic E-state index is 0.102. The molecule has 0 spiro atoms. The Bertz CT molecular complexity index is 236. The summed E-state index contributed by atoms with van der Waals surface area (Å²) < 4.78 is 0. The molecule has 0 aliphatic carbocycles. The number of hydrogen-bond donors (Lipinski definition) is 1. The molecular weight excluding hydrogens is 152 g/mol. The van der Waals surface area contributed by atoms with Crippen molar-refractivity contribution in [2.24, 2.45) is 5.29 Å². The van der Waals surface area contributed by atoms with Gasteiger partial charge >= 0.3 is 0 Å². The zero-order valence-electron chi connectivity index (χ0n) is 7.03. The first-order chi connectivity index (χ1) is 5.83. The van der Waals surface area contributed by atoms with E-state index in [9.17, 15) is 4.91 Å². The topological polar surface area (TPSA) is 41.5 Å². The first kappa shape index (κ1) is 8.71. The summed E-state index contributed by atoms with van der Waals surface area (Å²) in [6.07, 6.45) is 0.826. The van der Waals surface area contributed by atoms with Crippen molar-refractivity contribution in [2.45, 2.75) is 19.4 Å². The molecule has 64 valence electrons. The number of nitroso groups, excluding NO2 is 1. The van der Waals surface area contributed by atoms with Gasteiger partial charge in [0.25, 0.3) is 0 Å². The fourth-order valence-electron chi connectivity index (χ4n) is 1.10. The molecule has 3 nitrogen and oxygen atoms in total. The molecular formula is C9H12N2O. The maximum atomic E-state index is 9.84. The Hall–Kier alpha value is -1.38. The lowest BCUT2D eigenvalue weighted by molar-refractivity contribution is 0.566. The molecule has 0 heterocycles. The Morgan fingerprint density at radius 1 is 1.42 bits per heavy atom. The highest BCUT2D eigenvalue weighted by molar-refractivity contribution is 5.15. The van der Waals surface area contributed by atoms with E-state index in [1.165, 1.54) is 5.56 Å². The van der Waals surface area contributed by atoms with Crippen molar-refractivity contribution in [3.05, 3.63) is 40.8 Å². The molecule has 0 aliphatic rings. The lowest BCUT2D eigenvalue weighted by Gasteiger charge is -2.07. The molecule has 1 aromatic rings. The van der Waals surface area contributed by atoms with Crippen LogP contribution in [-0.4, -0.2) is 6.04 Å². The van der Waals surface area contributed by atoms with E-state index in [4.69, 9.17) is 0 Å². The van der Waals surface area contributed by atoms with Crippen molar-refractivity contribution in [1.82, 2.24) is 5.43 Å². The summed E-state index contributed by atoms with van der Waals surface area (Å²) in [7, 11) is 0. The molecule has 0 fully saturated rings. The zero-order chi connectivity index (χ0) is 8.81. The number of hydrogen-bond acceptors (Lipinski definition) is 2. The molecule has 3 heteroatoms. The number of rotatable bonds is 4. The Kier molecular flexibility index (Phi) is 3.26. The molecule has 0 radical (unpaired) electrons. The van der Waals surface area contributed by atoms with Crippen LogP contribution < -0.4 is 5.43 Å². The van der Waals surface area contributed by atoms with Gasteiger partial charge in [0.1, 0.15) is 0 Å². The molecule has 1 atom stereocenters. The van der Waals surface area contributed by atoms with Crippen LogP contribution in [-0.2, 0) is 6.42 Å². The summed E-state index contributed by atoms with van der Waals surface area (Å²) in [4.78, 5) is 9.84. The van der Waals surface area contributed by atoms with Gasteiger partial charge in [0.05, 0.1) is 0 Å². The average molecular weight is 164 g/mol. The Balaban J connectivity index is 2.46. The van der Waals surface area contributed by atoms with E-state index in [-0.39, 0.29) is 6.04 Å². The van der Waals surface area contributed by atoms with Crippen molar-refractivity contribution < 1.29 is 0 Å². The minimum Gasteiger partial charge on any atom is -0.271 e. The van der Waals surface area contributed by atoms with Gasteiger partial charge in [0.2, 0.25) is 0 Å². The van der Waals surface area contributed by atoms with Crippen molar-refractivity contribution in [3.63, 3.8) is 0 Å². The van der Waals surface area contributed by atoms with Gasteiger partial charge < -0.3 is 0 Å². The predicted octanol–water partition coefficient (Wildman–Crippen LogP) is 1.89. The molecule has 1 aromatic carbocycles. The maximum Gasteiger partial charge on any atom is 0.0499 e. The van der Waals surface area contributed by atoms with Crippen LogP contribution in [0.15, 0.2) is 35.6 Å². The Morgan fingerprint density at radius 2 is 2.08 bits per heavy atom. The van der Waals surface area contributed by atoms with E-state index >= 15 is 0 Å². The van der Waals surface area contributed by atoms with E-state index in [2.05, 4.69) is 10.7 Å². The highest BCUT2D eigenvalue weighted by atomic mass is 16.3. The second-order valence-corrected chi connectivity index (χ2v) is 2.81. The highest BCUT2D eigenvalue weighted by Gasteiger charge is 2.00. The SMILES string of the molecule is CC(Cc1ccccc1)NN=O. The first-order valence-electron chi connectivity index (χ1n) is 3.94. The van der Waals surface area contributed by atoms with Crippen LogP contribution in [0, 0.1) is 4.91 Å². The first-order valence-corrected chi connectivity index (χ1v) is 3.94. The van der Waals surface area contributed by atoms with Gasteiger partial charge in [-0.2, -0.15) is 0 Å². The molecule has 0 saturated heterocycles. The Labute approximate surface area is 71.7 Å². The quantitative estimate of drug-likeness (QED) is 0.545. The van der Waals surface area contributed by atoms with Crippen LogP contribution in [0.1, 0.15) is 12.5 Å². The average Bonchev–Trinajstić information content (AvgIpc) is 2.06. The van der Waals surface area contributed by atoms with E-state index in [1.807, 2.05) is 37.3 Å². The van der Waals surface area contributed by atoms with Crippen molar-refractivity contribution >= 4 is 0 Å². The van der Waals surface area contributed by atoms with E-state index < -0.39 is 0 Å². The van der Waals surface area contributed by atoms with E-state index in [0.29, 0.717) is 0 Å². The van der Waals surface area contributed by atoms with Gasteiger partial charge in [0, 0.05) is 11.3 Å². The third-order valence-electron chi connectivity index (χ3n) is 1.66. The number of nitrogens with zero attached hydrogens (tertiary/aromatic N) is 1. The summed E-state index contributed by atoms with van der Waals surface area (Å²) in [5.41, 5.74) is 3.67. The summed E-state index contributed by atoms with van der Waals surface area (Å²) in [6.45, 7) is 1.92. The van der Waals surface area contributed by atoms with Crippen molar-refractivity contribution in [2.75, 3.05) is 0 Å². The normalized spacial score (nSPS) is 12.1. The van der Waals surface area contributed by atoms with E-state index in [0.717, 1.165) is 6.42 Å². The second kappa shape index (κ2) is 4.49. The number of nitrogens with one attached hydrogen (secondary N) is 1. The van der Waals surface area contributed by atoms with Gasteiger partial charge in [0.15, 0.2) is 0 Å². The molecule has 1 unspecified atom stereocenters. The molecule has 0 aromatic heterocycles. The molecule has 1 rings (SSSR count). The van der Waals surface area contributed by atoms with Crippen LogP contribution in [0.3, 0.4) is 0 Å². The summed E-state index contributed by atoms with van der Waals surface area (Å²) >= 11 is 0. The maximum absolute atomic E-state index is 9.84. The predicted molar refractivity (Wildman–Crippen MR) is 48.5 cm³/mol. The fourth-order valence-corrected chi connectivity index (χ4v) is 1.10. The van der Waals surface area contributed by atoms with Gasteiger partial charge in [-0.3, -0.25) is 5.43 Å². The lowest BCUT2D eigenvalue weighted by atomic mass is 10.1. The van der Waals surface area contributed by atoms with Gasteiger partial charge in [-0.15, -0.1) is 4.91 Å². The standard InChI is InChI=1S/C9H12N2O/c1-8(10-11-12)7-9-5-3-2-4-6-9/h2-6,8H,7H2,1H3,(H,10,12). The van der Waals surface area contributed by atoms with Crippen LogP contribution in [0.25, 0.3) is 0 Å². The van der Waals surface area contributed by atoms with Gasteiger partial charge in [-0.25, -0.2) is 0 Å². The van der Waals surface area contributed by atoms with Gasteiger partial charge in [-0.05, 0) is 18.9 Å². The molecule has 0 saturated carbocycles. The summed E-state index contributed by atoms with van der Waals surface area (Å²) in [5, 5.41) is 2.63. The van der Waals surface area contributed by atoms with Crippen molar-refractivity contribution in [1.29, 1.82) is 0 Å². The highest BCUT2D eigenvalue weighted by Crippen LogP contribution is 2.02. The zero-order valence-corrected chi connectivity index (χ0v) is 7.03. The van der Waals surface area contributed by atoms with Crippen LogP contribution in [0.5, 0.6) is 0 Å². The van der Waals surface area contributed by atoms with Crippen LogP contribution in [0.2, 0.25) is 0 Å². The molecule has 0 bridgehead atoms. The summed E-state index contributed by atoms with van der Waals surface area (Å²) in [6, 6.07) is 10.1. The molecule has 0 aliphatic heterocycles. The molecule has 12 heavy (non-hydrogen) atoms. The largest absolute Gasteiger partial charge is 0.271 e.